The molecule has 1 aromatic rings. The molecular weight excluding hydrogens is 362 g/mol. The molecular formula is C20H29N3O3S. The summed E-state index contributed by atoms with van der Waals surface area (Å²) in [5.74, 6) is 2.54. The summed E-state index contributed by atoms with van der Waals surface area (Å²) < 4.78 is 5.36. The first-order chi connectivity index (χ1) is 13.2. The van der Waals surface area contributed by atoms with Crippen molar-refractivity contribution < 1.29 is 14.3 Å². The molecule has 2 fully saturated rings. The molecule has 0 spiro atoms. The molecule has 0 radical (unpaired) electrons. The van der Waals surface area contributed by atoms with E-state index in [2.05, 4.69) is 15.5 Å². The third-order valence-electron chi connectivity index (χ3n) is 5.25. The summed E-state index contributed by atoms with van der Waals surface area (Å²) in [5, 5.41) is 5.42. The standard InChI is InChI=1S/C20H29N3O3S/c1-2-26-18-5-3-16(4-6-18)22-20(25)19(24)21-13-15-7-10-23(11-8-15)17-9-12-27-14-17/h3-6,15,17H,2,7-14H2,1H3,(H,21,24)(H,22,25)/t17-/m1/s1. The summed E-state index contributed by atoms with van der Waals surface area (Å²) in [5.41, 5.74) is 0.585. The summed E-state index contributed by atoms with van der Waals surface area (Å²) in [7, 11) is 0. The van der Waals surface area contributed by atoms with Crippen LogP contribution in [0.25, 0.3) is 0 Å². The number of likely N-dealkylation sites (tertiary alicyclic amines) is 1. The third kappa shape index (κ3) is 5.87. The van der Waals surface area contributed by atoms with Gasteiger partial charge in [0.05, 0.1) is 6.61 Å². The predicted octanol–water partition coefficient (Wildman–Crippen LogP) is 2.36. The summed E-state index contributed by atoms with van der Waals surface area (Å²) in [6.45, 7) is 5.28. The fourth-order valence-corrected chi connectivity index (χ4v) is 4.89. The fraction of sp³-hybridized carbons (Fsp3) is 0.600. The van der Waals surface area contributed by atoms with E-state index in [1.807, 2.05) is 18.7 Å². The molecule has 6 nitrogen and oxygen atoms in total. The number of amides is 2. The van der Waals surface area contributed by atoms with Crippen LogP contribution in [0.3, 0.4) is 0 Å². The topological polar surface area (TPSA) is 70.7 Å². The number of thioether (sulfide) groups is 1. The van der Waals surface area contributed by atoms with E-state index in [9.17, 15) is 9.59 Å². The maximum absolute atomic E-state index is 12.1. The SMILES string of the molecule is CCOc1ccc(NC(=O)C(=O)NCC2CCN([C@@H]3CCSC3)CC2)cc1. The molecule has 2 amide bonds. The first kappa shape index (κ1) is 20.0. The molecule has 2 saturated heterocycles. The molecule has 1 atom stereocenters. The number of carbonyl (C=O) groups is 2. The minimum Gasteiger partial charge on any atom is -0.494 e. The number of nitrogens with zero attached hydrogens (tertiary/aromatic N) is 1. The highest BCUT2D eigenvalue weighted by Gasteiger charge is 2.27. The Bertz CT molecular complexity index is 624. The molecule has 0 aliphatic carbocycles. The van der Waals surface area contributed by atoms with Crippen molar-refractivity contribution in [3.63, 3.8) is 0 Å². The quantitative estimate of drug-likeness (QED) is 0.729. The number of anilines is 1. The lowest BCUT2D eigenvalue weighted by molar-refractivity contribution is -0.136. The van der Waals surface area contributed by atoms with E-state index >= 15 is 0 Å². The van der Waals surface area contributed by atoms with Crippen LogP contribution in [0, 0.1) is 5.92 Å². The van der Waals surface area contributed by atoms with E-state index in [-0.39, 0.29) is 0 Å². The Morgan fingerprint density at radius 2 is 1.89 bits per heavy atom. The van der Waals surface area contributed by atoms with Crippen LogP contribution in [0.2, 0.25) is 0 Å². The van der Waals surface area contributed by atoms with Crippen LogP contribution >= 0.6 is 11.8 Å². The molecule has 7 heteroatoms. The molecule has 2 aliphatic heterocycles. The summed E-state index contributed by atoms with van der Waals surface area (Å²) >= 11 is 2.05. The first-order valence-corrected chi connectivity index (χ1v) is 10.9. The van der Waals surface area contributed by atoms with Gasteiger partial charge >= 0.3 is 11.8 Å². The number of piperidine rings is 1. The maximum atomic E-state index is 12.1. The Hall–Kier alpha value is -1.73. The van der Waals surface area contributed by atoms with Crippen molar-refractivity contribution in [2.75, 3.05) is 43.1 Å². The van der Waals surface area contributed by atoms with E-state index in [1.165, 1.54) is 17.9 Å². The van der Waals surface area contributed by atoms with E-state index in [0.717, 1.165) is 37.7 Å². The van der Waals surface area contributed by atoms with E-state index in [4.69, 9.17) is 4.74 Å². The zero-order chi connectivity index (χ0) is 19.1. The Kier molecular flexibility index (Phi) is 7.41. The van der Waals surface area contributed by atoms with Crippen molar-refractivity contribution in [2.45, 2.75) is 32.2 Å². The number of hydrogen-bond donors (Lipinski definition) is 2. The van der Waals surface area contributed by atoms with Crippen LogP contribution in [-0.4, -0.2) is 60.5 Å². The van der Waals surface area contributed by atoms with Gasteiger partial charge in [0.15, 0.2) is 0 Å². The molecule has 2 N–H and O–H groups in total. The van der Waals surface area contributed by atoms with Crippen molar-refractivity contribution in [3.05, 3.63) is 24.3 Å². The molecule has 3 rings (SSSR count). The van der Waals surface area contributed by atoms with Gasteiger partial charge in [0.2, 0.25) is 0 Å². The van der Waals surface area contributed by atoms with Gasteiger partial charge in [0.1, 0.15) is 5.75 Å². The number of carbonyl (C=O) groups excluding carboxylic acids is 2. The van der Waals surface area contributed by atoms with Gasteiger partial charge in [-0.05, 0) is 75.2 Å². The normalized spacial score (nSPS) is 21.0. The summed E-state index contributed by atoms with van der Waals surface area (Å²) in [6, 6.07) is 7.74. The molecule has 148 valence electrons. The average molecular weight is 392 g/mol. The second-order valence-electron chi connectivity index (χ2n) is 7.12. The molecule has 0 unspecified atom stereocenters. The monoisotopic (exact) mass is 391 g/mol. The van der Waals surface area contributed by atoms with E-state index in [0.29, 0.717) is 24.8 Å². The predicted molar refractivity (Wildman–Crippen MR) is 109 cm³/mol. The van der Waals surface area contributed by atoms with Gasteiger partial charge in [-0.1, -0.05) is 0 Å². The Morgan fingerprint density at radius 1 is 1.15 bits per heavy atom. The molecule has 2 aliphatic rings. The molecule has 0 aromatic heterocycles. The first-order valence-electron chi connectivity index (χ1n) is 9.79. The maximum Gasteiger partial charge on any atom is 0.313 e. The highest BCUT2D eigenvalue weighted by atomic mass is 32.2. The number of nitrogens with one attached hydrogen (secondary N) is 2. The highest BCUT2D eigenvalue weighted by Crippen LogP contribution is 2.26. The second-order valence-corrected chi connectivity index (χ2v) is 8.27. The lowest BCUT2D eigenvalue weighted by Gasteiger charge is -2.35. The minimum absolute atomic E-state index is 0.456. The Labute approximate surface area is 165 Å². The summed E-state index contributed by atoms with van der Waals surface area (Å²) in [6.07, 6.45) is 3.47. The fourth-order valence-electron chi connectivity index (χ4n) is 3.64. The lowest BCUT2D eigenvalue weighted by atomic mass is 9.95. The summed E-state index contributed by atoms with van der Waals surface area (Å²) in [4.78, 5) is 26.7. The largest absolute Gasteiger partial charge is 0.494 e. The van der Waals surface area contributed by atoms with Crippen molar-refractivity contribution in [3.8, 4) is 5.75 Å². The van der Waals surface area contributed by atoms with Gasteiger partial charge in [0.25, 0.3) is 0 Å². The van der Waals surface area contributed by atoms with E-state index < -0.39 is 11.8 Å². The third-order valence-corrected chi connectivity index (χ3v) is 6.40. The molecule has 0 saturated carbocycles. The minimum atomic E-state index is -0.625. The van der Waals surface area contributed by atoms with Crippen molar-refractivity contribution >= 4 is 29.3 Å². The van der Waals surface area contributed by atoms with Crippen LogP contribution in [0.1, 0.15) is 26.2 Å². The van der Waals surface area contributed by atoms with Crippen LogP contribution in [-0.2, 0) is 9.59 Å². The van der Waals surface area contributed by atoms with Crippen molar-refractivity contribution in [1.82, 2.24) is 10.2 Å². The van der Waals surface area contributed by atoms with Gasteiger partial charge in [0, 0.05) is 24.0 Å². The number of hydrogen-bond acceptors (Lipinski definition) is 5. The van der Waals surface area contributed by atoms with Crippen LogP contribution < -0.4 is 15.4 Å². The molecule has 2 heterocycles. The number of rotatable bonds is 6. The van der Waals surface area contributed by atoms with Crippen molar-refractivity contribution in [1.29, 1.82) is 0 Å². The van der Waals surface area contributed by atoms with Gasteiger partial charge in [-0.15, -0.1) is 0 Å². The van der Waals surface area contributed by atoms with Crippen LogP contribution in [0.15, 0.2) is 24.3 Å². The number of ether oxygens (including phenoxy) is 1. The second kappa shape index (κ2) is 9.99. The van der Waals surface area contributed by atoms with Gasteiger partial charge < -0.3 is 15.4 Å². The molecule has 0 bridgehead atoms. The zero-order valence-corrected chi connectivity index (χ0v) is 16.7. The van der Waals surface area contributed by atoms with Crippen LogP contribution in [0.4, 0.5) is 5.69 Å². The van der Waals surface area contributed by atoms with Gasteiger partial charge in [-0.25, -0.2) is 0 Å². The zero-order valence-electron chi connectivity index (χ0n) is 15.9. The highest BCUT2D eigenvalue weighted by molar-refractivity contribution is 7.99. The number of benzene rings is 1. The molecule has 1 aromatic carbocycles. The van der Waals surface area contributed by atoms with Gasteiger partial charge in [-0.3, -0.25) is 14.5 Å². The Balaban J connectivity index is 1.36. The Morgan fingerprint density at radius 3 is 2.52 bits per heavy atom. The van der Waals surface area contributed by atoms with Gasteiger partial charge in [-0.2, -0.15) is 11.8 Å². The van der Waals surface area contributed by atoms with E-state index in [1.54, 1.807) is 24.3 Å². The smallest absolute Gasteiger partial charge is 0.313 e. The van der Waals surface area contributed by atoms with Crippen LogP contribution in [0.5, 0.6) is 5.75 Å². The van der Waals surface area contributed by atoms with Crippen molar-refractivity contribution in [2.24, 2.45) is 5.92 Å². The molecule has 27 heavy (non-hydrogen) atoms. The average Bonchev–Trinajstić information content (AvgIpc) is 3.23. The lowest BCUT2D eigenvalue weighted by Crippen LogP contribution is -2.45.